The van der Waals surface area contributed by atoms with Crippen molar-refractivity contribution in [3.05, 3.63) is 115 Å². The molecule has 170 valence electrons. The van der Waals surface area contributed by atoms with Crippen LogP contribution in [0.1, 0.15) is 36.6 Å². The first-order valence-corrected chi connectivity index (χ1v) is 9.66. The van der Waals surface area contributed by atoms with Gasteiger partial charge >= 0.3 is 0 Å². The number of benzene rings is 3. The number of nitro groups is 2. The predicted molar refractivity (Wildman–Crippen MR) is 113 cm³/mol. The monoisotopic (exact) mass is 464 g/mol. The number of non-ortho nitro benzene ring substituents is 1. The number of carbonyl (C=O) groups is 3. The molecule has 3 aromatic carbocycles. The number of amides is 3. The first-order chi connectivity index (χ1) is 16.2. The lowest BCUT2D eigenvalue weighted by Gasteiger charge is -2.30. The fourth-order valence-electron chi connectivity index (χ4n) is 3.55. The van der Waals surface area contributed by atoms with E-state index in [0.29, 0.717) is 10.0 Å². The molecule has 0 aliphatic carbocycles. The van der Waals surface area contributed by atoms with E-state index in [0.717, 1.165) is 24.3 Å². The Balaban J connectivity index is 1.83. The maximum atomic E-state index is 14.4. The first kappa shape index (κ1) is 22.2. The maximum absolute atomic E-state index is 14.4. The molecule has 3 amide bonds. The van der Waals surface area contributed by atoms with Gasteiger partial charge in [-0.25, -0.2) is 9.40 Å². The number of hydrazine groups is 1. The molecule has 12 heteroatoms. The molecule has 0 radical (unpaired) electrons. The zero-order valence-electron chi connectivity index (χ0n) is 17.1. The third kappa shape index (κ3) is 3.72. The fourth-order valence-corrected chi connectivity index (χ4v) is 3.55. The Morgan fingerprint density at radius 2 is 1.62 bits per heavy atom. The van der Waals surface area contributed by atoms with Crippen LogP contribution in [0.2, 0.25) is 0 Å². The van der Waals surface area contributed by atoms with Gasteiger partial charge in [-0.15, -0.1) is 0 Å². The lowest BCUT2D eigenvalue weighted by atomic mass is 10.1. The topological polar surface area (TPSA) is 144 Å². The van der Waals surface area contributed by atoms with Crippen LogP contribution < -0.4 is 0 Å². The largest absolute Gasteiger partial charge is 0.287 e. The summed E-state index contributed by atoms with van der Waals surface area (Å²) in [5.41, 5.74) is -2.18. The van der Waals surface area contributed by atoms with Crippen molar-refractivity contribution < 1.29 is 28.6 Å². The molecule has 0 saturated heterocycles. The number of fused-ring (bicyclic) bond motifs is 1. The summed E-state index contributed by atoms with van der Waals surface area (Å²) in [6.07, 6.45) is 0. The molecule has 0 spiro atoms. The van der Waals surface area contributed by atoms with Crippen molar-refractivity contribution in [2.75, 3.05) is 0 Å². The standard InChI is InChI=1S/C22H13FN4O7/c23-17-9-2-1-5-14(17)12-24(20(28)13-6-3-7-15(11-13)26(31)32)25-21(29)16-8-4-10-18(27(33)34)19(16)22(25)30/h1-11H,12H2. The highest BCUT2D eigenvalue weighted by Gasteiger charge is 2.45. The number of nitro benzene ring substituents is 2. The molecule has 0 saturated carbocycles. The third-order valence-corrected chi connectivity index (χ3v) is 5.13. The average Bonchev–Trinajstić information content (AvgIpc) is 3.08. The van der Waals surface area contributed by atoms with Gasteiger partial charge in [0.05, 0.1) is 22.0 Å². The number of carbonyl (C=O) groups excluding carboxylic acids is 3. The molecule has 0 aromatic heterocycles. The zero-order valence-corrected chi connectivity index (χ0v) is 17.1. The minimum atomic E-state index is -1.15. The van der Waals surface area contributed by atoms with Gasteiger partial charge in [0.1, 0.15) is 11.4 Å². The molecule has 4 rings (SSSR count). The lowest BCUT2D eigenvalue weighted by Crippen LogP contribution is -2.49. The van der Waals surface area contributed by atoms with Gasteiger partial charge in [0, 0.05) is 29.3 Å². The van der Waals surface area contributed by atoms with E-state index in [9.17, 15) is 39.0 Å². The van der Waals surface area contributed by atoms with Crippen LogP contribution in [-0.2, 0) is 6.54 Å². The molecule has 1 heterocycles. The minimum absolute atomic E-state index is 0.0627. The van der Waals surface area contributed by atoms with E-state index in [1.165, 1.54) is 42.5 Å². The zero-order chi connectivity index (χ0) is 24.6. The molecule has 1 aliphatic heterocycles. The van der Waals surface area contributed by atoms with E-state index < -0.39 is 56.9 Å². The van der Waals surface area contributed by atoms with Crippen LogP contribution in [0.15, 0.2) is 66.7 Å². The van der Waals surface area contributed by atoms with Gasteiger partial charge in [-0.2, -0.15) is 5.01 Å². The minimum Gasteiger partial charge on any atom is -0.267 e. The predicted octanol–water partition coefficient (Wildman–Crippen LogP) is 3.50. The van der Waals surface area contributed by atoms with Gasteiger partial charge in [0.15, 0.2) is 0 Å². The molecule has 3 aromatic rings. The molecule has 0 N–H and O–H groups in total. The van der Waals surface area contributed by atoms with E-state index in [1.807, 2.05) is 0 Å². The Bertz CT molecular complexity index is 1390. The number of rotatable bonds is 6. The second kappa shape index (κ2) is 8.50. The number of hydrogen-bond acceptors (Lipinski definition) is 7. The molecule has 11 nitrogen and oxygen atoms in total. The van der Waals surface area contributed by atoms with Gasteiger partial charge in [-0.1, -0.05) is 30.3 Å². The summed E-state index contributed by atoms with van der Waals surface area (Å²) in [6, 6.07) is 13.3. The normalized spacial score (nSPS) is 12.4. The van der Waals surface area contributed by atoms with Crippen molar-refractivity contribution >= 4 is 29.1 Å². The van der Waals surface area contributed by atoms with Crippen LogP contribution in [0.5, 0.6) is 0 Å². The van der Waals surface area contributed by atoms with Crippen molar-refractivity contribution in [3.63, 3.8) is 0 Å². The van der Waals surface area contributed by atoms with Crippen molar-refractivity contribution in [2.45, 2.75) is 6.54 Å². The lowest BCUT2D eigenvalue weighted by molar-refractivity contribution is -0.385. The molecule has 34 heavy (non-hydrogen) atoms. The van der Waals surface area contributed by atoms with Gasteiger partial charge in [0.25, 0.3) is 29.1 Å². The van der Waals surface area contributed by atoms with Crippen LogP contribution in [-0.4, -0.2) is 37.6 Å². The number of imide groups is 1. The van der Waals surface area contributed by atoms with Crippen LogP contribution in [0.4, 0.5) is 15.8 Å². The van der Waals surface area contributed by atoms with E-state index >= 15 is 0 Å². The van der Waals surface area contributed by atoms with Crippen molar-refractivity contribution in [1.29, 1.82) is 0 Å². The van der Waals surface area contributed by atoms with Crippen LogP contribution >= 0.6 is 0 Å². The molecule has 0 atom stereocenters. The Labute approximate surface area is 189 Å². The van der Waals surface area contributed by atoms with Gasteiger partial charge < -0.3 is 0 Å². The van der Waals surface area contributed by atoms with E-state index in [4.69, 9.17) is 0 Å². The van der Waals surface area contributed by atoms with Gasteiger partial charge in [0.2, 0.25) is 0 Å². The van der Waals surface area contributed by atoms with E-state index in [2.05, 4.69) is 0 Å². The highest BCUT2D eigenvalue weighted by Crippen LogP contribution is 2.33. The third-order valence-electron chi connectivity index (χ3n) is 5.13. The summed E-state index contributed by atoms with van der Waals surface area (Å²) in [4.78, 5) is 60.6. The fraction of sp³-hybridized carbons (Fsp3) is 0.0455. The summed E-state index contributed by atoms with van der Waals surface area (Å²) in [7, 11) is 0. The smallest absolute Gasteiger partial charge is 0.267 e. The van der Waals surface area contributed by atoms with Gasteiger partial charge in [-0.3, -0.25) is 34.6 Å². The van der Waals surface area contributed by atoms with Crippen molar-refractivity contribution in [2.24, 2.45) is 0 Å². The number of hydrogen-bond donors (Lipinski definition) is 0. The Hall–Kier alpha value is -5.00. The first-order valence-electron chi connectivity index (χ1n) is 9.66. The molecular formula is C22H13FN4O7. The summed E-state index contributed by atoms with van der Waals surface area (Å²) >= 11 is 0. The van der Waals surface area contributed by atoms with Crippen LogP contribution in [0.3, 0.4) is 0 Å². The SMILES string of the molecule is O=C(c1cccc([N+](=O)[O-])c1)N(Cc1ccccc1F)N1C(=O)c2cccc([N+](=O)[O-])c2C1=O. The Morgan fingerprint density at radius 1 is 0.912 bits per heavy atom. The van der Waals surface area contributed by atoms with Crippen molar-refractivity contribution in [3.8, 4) is 0 Å². The molecule has 0 unspecified atom stereocenters. The van der Waals surface area contributed by atoms with E-state index in [-0.39, 0.29) is 16.7 Å². The quantitative estimate of drug-likeness (QED) is 0.308. The summed E-state index contributed by atoms with van der Waals surface area (Å²) in [5, 5.41) is 23.6. The molecule has 0 bridgehead atoms. The summed E-state index contributed by atoms with van der Waals surface area (Å²) in [5.74, 6) is -3.94. The summed E-state index contributed by atoms with van der Waals surface area (Å²) < 4.78 is 14.4. The van der Waals surface area contributed by atoms with Gasteiger partial charge in [-0.05, 0) is 18.2 Å². The number of halogens is 1. The highest BCUT2D eigenvalue weighted by molar-refractivity contribution is 6.23. The maximum Gasteiger partial charge on any atom is 0.287 e. The van der Waals surface area contributed by atoms with Crippen LogP contribution in [0, 0.1) is 26.0 Å². The number of nitrogens with zero attached hydrogens (tertiary/aromatic N) is 4. The second-order valence-electron chi connectivity index (χ2n) is 7.14. The Kier molecular flexibility index (Phi) is 5.55. The van der Waals surface area contributed by atoms with Crippen LogP contribution in [0.25, 0.3) is 0 Å². The molecule has 1 aliphatic rings. The summed E-state index contributed by atoms with van der Waals surface area (Å²) in [6.45, 7) is -0.604. The van der Waals surface area contributed by atoms with Crippen molar-refractivity contribution in [1.82, 2.24) is 10.0 Å². The molecule has 0 fully saturated rings. The molecular weight excluding hydrogens is 451 g/mol. The average molecular weight is 464 g/mol. The second-order valence-corrected chi connectivity index (χ2v) is 7.14. The van der Waals surface area contributed by atoms with E-state index in [1.54, 1.807) is 0 Å². The Morgan fingerprint density at radius 3 is 2.29 bits per heavy atom. The highest BCUT2D eigenvalue weighted by atomic mass is 19.1.